The molecule has 0 fully saturated rings. The first-order valence-electron chi connectivity index (χ1n) is 5.00. The third-order valence-corrected chi connectivity index (χ3v) is 2.22. The maximum atomic E-state index is 5.52. The Morgan fingerprint density at radius 3 is 2.67 bits per heavy atom. The summed E-state index contributed by atoms with van der Waals surface area (Å²) >= 11 is 0. The molecule has 0 aliphatic heterocycles. The molecule has 0 aromatic carbocycles. The Bertz CT molecular complexity index is 313. The molecule has 84 valence electrons. The molecule has 0 aliphatic rings. The summed E-state index contributed by atoms with van der Waals surface area (Å²) in [6, 6.07) is 1.72. The minimum Gasteiger partial charge on any atom is -0.370 e. The minimum absolute atomic E-state index is 0.206. The number of nitrogens with zero attached hydrogens (tertiary/aromatic N) is 2. The van der Waals surface area contributed by atoms with Crippen LogP contribution in [0.3, 0.4) is 0 Å². The predicted octanol–water partition coefficient (Wildman–Crippen LogP) is 0.802. The Morgan fingerprint density at radius 1 is 1.40 bits per heavy atom. The summed E-state index contributed by atoms with van der Waals surface area (Å²) in [5.74, 6) is 7.24. The molecule has 0 bridgehead atoms. The van der Waals surface area contributed by atoms with E-state index in [1.54, 1.807) is 6.07 Å². The Balaban J connectivity index is 2.64. The van der Waals surface area contributed by atoms with Gasteiger partial charge in [-0.2, -0.15) is 9.97 Å². The van der Waals surface area contributed by atoms with Crippen LogP contribution in [0, 0.1) is 5.92 Å². The van der Waals surface area contributed by atoms with E-state index in [1.807, 2.05) is 0 Å². The summed E-state index contributed by atoms with van der Waals surface area (Å²) in [4.78, 5) is 7.94. The lowest BCUT2D eigenvalue weighted by atomic mass is 10.1. The van der Waals surface area contributed by atoms with Crippen molar-refractivity contribution in [3.63, 3.8) is 0 Å². The Hall–Kier alpha value is -1.56. The van der Waals surface area contributed by atoms with Gasteiger partial charge >= 0.3 is 0 Å². The topological polar surface area (TPSA) is 102 Å². The van der Waals surface area contributed by atoms with E-state index >= 15 is 0 Å². The Kier molecular flexibility index (Phi) is 4.11. The largest absolute Gasteiger partial charge is 0.370 e. The Labute approximate surface area is 89.4 Å². The summed E-state index contributed by atoms with van der Waals surface area (Å²) in [6.07, 6.45) is 1.12. The molecule has 1 rings (SSSR count). The molecule has 6 N–H and O–H groups in total. The van der Waals surface area contributed by atoms with Crippen LogP contribution in [0.15, 0.2) is 6.07 Å². The predicted molar refractivity (Wildman–Crippen MR) is 62.2 cm³/mol. The van der Waals surface area contributed by atoms with Crippen molar-refractivity contribution in [2.75, 3.05) is 23.0 Å². The lowest BCUT2D eigenvalue weighted by molar-refractivity contribution is 0.592. The number of hydrazine groups is 1. The number of nitrogen functional groups attached to an aromatic ring is 2. The van der Waals surface area contributed by atoms with Gasteiger partial charge in [0.15, 0.2) is 0 Å². The van der Waals surface area contributed by atoms with Crippen molar-refractivity contribution in [3.05, 3.63) is 6.07 Å². The second-order valence-electron chi connectivity index (χ2n) is 3.54. The molecule has 0 saturated heterocycles. The zero-order valence-electron chi connectivity index (χ0n) is 9.12. The minimum atomic E-state index is 0.206. The van der Waals surface area contributed by atoms with Gasteiger partial charge in [0.25, 0.3) is 0 Å². The fourth-order valence-electron chi connectivity index (χ4n) is 1.05. The molecule has 1 heterocycles. The highest BCUT2D eigenvalue weighted by Gasteiger charge is 2.02. The van der Waals surface area contributed by atoms with Gasteiger partial charge < -0.3 is 16.5 Å². The molecule has 15 heavy (non-hydrogen) atoms. The van der Waals surface area contributed by atoms with Crippen molar-refractivity contribution in [2.45, 2.75) is 20.3 Å². The molecule has 0 saturated carbocycles. The van der Waals surface area contributed by atoms with Crippen LogP contribution in [0.1, 0.15) is 20.3 Å². The highest BCUT2D eigenvalue weighted by atomic mass is 15.3. The smallest absolute Gasteiger partial charge is 0.223 e. The zero-order chi connectivity index (χ0) is 11.3. The van der Waals surface area contributed by atoms with Crippen molar-refractivity contribution in [3.8, 4) is 0 Å². The van der Waals surface area contributed by atoms with Crippen molar-refractivity contribution in [1.82, 2.24) is 9.97 Å². The van der Waals surface area contributed by atoms with Gasteiger partial charge in [0.05, 0.1) is 0 Å². The van der Waals surface area contributed by atoms with E-state index < -0.39 is 0 Å². The first-order chi connectivity index (χ1) is 7.15. The molecule has 1 atom stereocenters. The number of hydrogen-bond acceptors (Lipinski definition) is 6. The van der Waals surface area contributed by atoms with Crippen LogP contribution >= 0.6 is 0 Å². The number of nitrogens with two attached hydrogens (primary N) is 2. The second-order valence-corrected chi connectivity index (χ2v) is 3.54. The normalized spacial score (nSPS) is 12.2. The standard InChI is InChI=1S/C9H18N6/c1-3-6(2)5-12-7-4-8(15-11)14-9(10)13-7/h4,6H,3,5,11H2,1-2H3,(H4,10,12,13,14,15). The summed E-state index contributed by atoms with van der Waals surface area (Å²) in [6.45, 7) is 5.17. The SMILES string of the molecule is CCC(C)CNc1cc(NN)nc(N)n1. The highest BCUT2D eigenvalue weighted by Crippen LogP contribution is 2.12. The van der Waals surface area contributed by atoms with Crippen molar-refractivity contribution < 1.29 is 0 Å². The summed E-state index contributed by atoms with van der Waals surface area (Å²) in [5.41, 5.74) is 7.95. The number of hydrogen-bond donors (Lipinski definition) is 4. The summed E-state index contributed by atoms with van der Waals surface area (Å²) in [7, 11) is 0. The van der Waals surface area contributed by atoms with Crippen LogP contribution in [-0.2, 0) is 0 Å². The summed E-state index contributed by atoms with van der Waals surface area (Å²) < 4.78 is 0. The van der Waals surface area contributed by atoms with E-state index in [0.29, 0.717) is 17.6 Å². The average molecular weight is 210 g/mol. The van der Waals surface area contributed by atoms with Crippen molar-refractivity contribution in [1.29, 1.82) is 0 Å². The lowest BCUT2D eigenvalue weighted by Crippen LogP contribution is -2.14. The fraction of sp³-hybridized carbons (Fsp3) is 0.556. The maximum absolute atomic E-state index is 5.52. The number of aromatic nitrogens is 2. The zero-order valence-corrected chi connectivity index (χ0v) is 9.12. The van der Waals surface area contributed by atoms with Crippen molar-refractivity contribution in [2.24, 2.45) is 11.8 Å². The van der Waals surface area contributed by atoms with E-state index in [0.717, 1.165) is 13.0 Å². The molecular formula is C9H18N6. The van der Waals surface area contributed by atoms with Gasteiger partial charge in [-0.25, -0.2) is 5.84 Å². The molecule has 6 heteroatoms. The van der Waals surface area contributed by atoms with E-state index in [4.69, 9.17) is 11.6 Å². The molecule has 1 aromatic rings. The number of anilines is 3. The highest BCUT2D eigenvalue weighted by molar-refractivity contribution is 5.50. The maximum Gasteiger partial charge on any atom is 0.223 e. The summed E-state index contributed by atoms with van der Waals surface area (Å²) in [5, 5.41) is 3.18. The molecule has 1 aromatic heterocycles. The molecular weight excluding hydrogens is 192 g/mol. The third-order valence-electron chi connectivity index (χ3n) is 2.22. The van der Waals surface area contributed by atoms with Gasteiger partial charge in [0.1, 0.15) is 11.6 Å². The van der Waals surface area contributed by atoms with Gasteiger partial charge in [-0.3, -0.25) is 0 Å². The molecule has 1 unspecified atom stereocenters. The quantitative estimate of drug-likeness (QED) is 0.423. The molecule has 0 radical (unpaired) electrons. The second kappa shape index (κ2) is 5.35. The first-order valence-corrected chi connectivity index (χ1v) is 5.00. The molecule has 0 spiro atoms. The van der Waals surface area contributed by atoms with Crippen LogP contribution < -0.4 is 22.3 Å². The number of nitrogens with one attached hydrogen (secondary N) is 2. The molecule has 6 nitrogen and oxygen atoms in total. The van der Waals surface area contributed by atoms with Gasteiger partial charge in [-0.05, 0) is 5.92 Å². The average Bonchev–Trinajstić information content (AvgIpc) is 2.25. The van der Waals surface area contributed by atoms with Crippen LogP contribution in [0.5, 0.6) is 0 Å². The molecule has 0 amide bonds. The third kappa shape index (κ3) is 3.59. The van der Waals surface area contributed by atoms with Gasteiger partial charge in [-0.1, -0.05) is 20.3 Å². The first kappa shape index (κ1) is 11.5. The van der Waals surface area contributed by atoms with E-state index in [9.17, 15) is 0 Å². The van der Waals surface area contributed by atoms with E-state index in [2.05, 4.69) is 34.6 Å². The number of rotatable bonds is 5. The van der Waals surface area contributed by atoms with Gasteiger partial charge in [0, 0.05) is 12.6 Å². The van der Waals surface area contributed by atoms with Crippen LogP contribution in [-0.4, -0.2) is 16.5 Å². The van der Waals surface area contributed by atoms with Crippen LogP contribution in [0.4, 0.5) is 17.6 Å². The molecule has 0 aliphatic carbocycles. The van der Waals surface area contributed by atoms with Crippen molar-refractivity contribution >= 4 is 17.6 Å². The van der Waals surface area contributed by atoms with Crippen LogP contribution in [0.2, 0.25) is 0 Å². The Morgan fingerprint density at radius 2 is 2.07 bits per heavy atom. The lowest BCUT2D eigenvalue weighted by Gasteiger charge is -2.11. The fourth-order valence-corrected chi connectivity index (χ4v) is 1.05. The van der Waals surface area contributed by atoms with E-state index in [1.165, 1.54) is 0 Å². The van der Waals surface area contributed by atoms with Gasteiger partial charge in [0.2, 0.25) is 5.95 Å². The van der Waals surface area contributed by atoms with Crippen LogP contribution in [0.25, 0.3) is 0 Å². The van der Waals surface area contributed by atoms with Gasteiger partial charge in [-0.15, -0.1) is 0 Å². The monoisotopic (exact) mass is 210 g/mol. The van der Waals surface area contributed by atoms with E-state index in [-0.39, 0.29) is 5.95 Å².